The molecule has 0 N–H and O–H groups in total. The van der Waals surface area contributed by atoms with E-state index < -0.39 is 0 Å². The predicted octanol–water partition coefficient (Wildman–Crippen LogP) is 5.28. The van der Waals surface area contributed by atoms with Gasteiger partial charge in [0.15, 0.2) is 0 Å². The van der Waals surface area contributed by atoms with Crippen molar-refractivity contribution < 1.29 is 0 Å². The van der Waals surface area contributed by atoms with E-state index in [1.165, 1.54) is 32.1 Å². The Balaban J connectivity index is 2.90. The van der Waals surface area contributed by atoms with Gasteiger partial charge in [0.25, 0.3) is 0 Å². The minimum absolute atomic E-state index is 0.588. The summed E-state index contributed by atoms with van der Waals surface area (Å²) in [5.41, 5.74) is 1.27. The minimum Gasteiger partial charge on any atom is -0.0654 e. The van der Waals surface area contributed by atoms with Crippen molar-refractivity contribution in [2.45, 2.75) is 73.6 Å². The zero-order valence-corrected chi connectivity index (χ0v) is 11.7. The fraction of sp³-hybridized carbons (Fsp3) is 1.00. The summed E-state index contributed by atoms with van der Waals surface area (Å²) >= 11 is 0. The summed E-state index contributed by atoms with van der Waals surface area (Å²) in [5.74, 6) is 1.74. The van der Waals surface area contributed by atoms with Crippen LogP contribution >= 0.6 is 0 Å². The molecule has 0 spiro atoms. The lowest BCUT2D eigenvalue weighted by atomic mass is 9.59. The highest BCUT2D eigenvalue weighted by Crippen LogP contribution is 2.67. The zero-order chi connectivity index (χ0) is 11.7. The van der Waals surface area contributed by atoms with Crippen molar-refractivity contribution in [2.75, 3.05) is 0 Å². The first-order valence-electron chi connectivity index (χ1n) is 6.94. The summed E-state index contributed by atoms with van der Waals surface area (Å²) in [6, 6.07) is 0. The molecule has 15 heavy (non-hydrogen) atoms. The Kier molecular flexibility index (Phi) is 3.90. The molecule has 0 radical (unpaired) electrons. The van der Waals surface area contributed by atoms with Gasteiger partial charge in [-0.05, 0) is 41.9 Å². The monoisotopic (exact) mass is 210 g/mol. The SMILES string of the molecule is CCCC(C)(C(C)CC)C1(C(C)C)CC1. The van der Waals surface area contributed by atoms with Crippen LogP contribution in [0.1, 0.15) is 73.6 Å². The van der Waals surface area contributed by atoms with Gasteiger partial charge in [0, 0.05) is 0 Å². The van der Waals surface area contributed by atoms with E-state index in [4.69, 9.17) is 0 Å². The van der Waals surface area contributed by atoms with Crippen LogP contribution in [-0.2, 0) is 0 Å². The van der Waals surface area contributed by atoms with E-state index in [1.54, 1.807) is 0 Å². The maximum absolute atomic E-state index is 2.57. The molecule has 1 aliphatic carbocycles. The molecule has 2 unspecified atom stereocenters. The summed E-state index contributed by atoms with van der Waals surface area (Å²) in [5, 5.41) is 0. The Morgan fingerprint density at radius 3 is 1.93 bits per heavy atom. The molecule has 90 valence electrons. The van der Waals surface area contributed by atoms with Crippen molar-refractivity contribution in [2.24, 2.45) is 22.7 Å². The van der Waals surface area contributed by atoms with E-state index in [9.17, 15) is 0 Å². The first-order valence-corrected chi connectivity index (χ1v) is 6.94. The smallest absolute Gasteiger partial charge is 0.0218 e. The average molecular weight is 210 g/mol. The second-order valence-electron chi connectivity index (χ2n) is 6.29. The van der Waals surface area contributed by atoms with E-state index >= 15 is 0 Å². The standard InChI is InChI=1S/C15H30/c1-7-9-14(6,13(5)8-2)15(10-11-15)12(3)4/h12-13H,7-11H2,1-6H3. The Morgan fingerprint density at radius 2 is 1.67 bits per heavy atom. The summed E-state index contributed by atoms with van der Waals surface area (Å²) in [6.07, 6.45) is 7.05. The van der Waals surface area contributed by atoms with Gasteiger partial charge in [-0.3, -0.25) is 0 Å². The molecule has 0 amide bonds. The molecule has 0 aliphatic heterocycles. The fourth-order valence-corrected chi connectivity index (χ4v) is 3.90. The number of rotatable bonds is 6. The largest absolute Gasteiger partial charge is 0.0654 e. The van der Waals surface area contributed by atoms with Crippen molar-refractivity contribution in [3.05, 3.63) is 0 Å². The third-order valence-electron chi connectivity index (χ3n) is 5.50. The van der Waals surface area contributed by atoms with Crippen LogP contribution in [0, 0.1) is 22.7 Å². The molecule has 0 heterocycles. The molecule has 0 nitrogen and oxygen atoms in total. The molecule has 1 fully saturated rings. The van der Waals surface area contributed by atoms with Crippen LogP contribution in [0.2, 0.25) is 0 Å². The van der Waals surface area contributed by atoms with Crippen LogP contribution in [0.5, 0.6) is 0 Å². The average Bonchev–Trinajstić information content (AvgIpc) is 2.97. The van der Waals surface area contributed by atoms with Gasteiger partial charge >= 0.3 is 0 Å². The van der Waals surface area contributed by atoms with Crippen molar-refractivity contribution in [3.63, 3.8) is 0 Å². The highest BCUT2D eigenvalue weighted by Gasteiger charge is 2.58. The van der Waals surface area contributed by atoms with E-state index in [0.29, 0.717) is 10.8 Å². The molecule has 0 aromatic heterocycles. The Morgan fingerprint density at radius 1 is 1.13 bits per heavy atom. The molecule has 0 bridgehead atoms. The Bertz CT molecular complexity index is 200. The first kappa shape index (κ1) is 13.1. The van der Waals surface area contributed by atoms with Crippen molar-refractivity contribution in [3.8, 4) is 0 Å². The van der Waals surface area contributed by atoms with Crippen LogP contribution in [0.3, 0.4) is 0 Å². The second-order valence-corrected chi connectivity index (χ2v) is 6.29. The third kappa shape index (κ3) is 1.97. The first-order chi connectivity index (χ1) is 6.94. The molecule has 0 heteroatoms. The van der Waals surface area contributed by atoms with Gasteiger partial charge in [-0.1, -0.05) is 54.4 Å². The zero-order valence-electron chi connectivity index (χ0n) is 11.7. The lowest BCUT2D eigenvalue weighted by Gasteiger charge is -2.46. The molecule has 0 saturated heterocycles. The van der Waals surface area contributed by atoms with Gasteiger partial charge in [0.1, 0.15) is 0 Å². The lowest BCUT2D eigenvalue weighted by Crippen LogP contribution is -2.38. The summed E-state index contributed by atoms with van der Waals surface area (Å²) < 4.78 is 0. The second kappa shape index (κ2) is 4.47. The lowest BCUT2D eigenvalue weighted by molar-refractivity contribution is 0.0322. The van der Waals surface area contributed by atoms with E-state index in [1.807, 2.05) is 0 Å². The maximum Gasteiger partial charge on any atom is -0.0218 e. The highest BCUT2D eigenvalue weighted by molar-refractivity contribution is 5.08. The van der Waals surface area contributed by atoms with Crippen molar-refractivity contribution in [1.29, 1.82) is 0 Å². The molecule has 1 saturated carbocycles. The quantitative estimate of drug-likeness (QED) is 0.560. The van der Waals surface area contributed by atoms with Gasteiger partial charge in [0.05, 0.1) is 0 Å². The molecule has 2 atom stereocenters. The van der Waals surface area contributed by atoms with Crippen molar-refractivity contribution in [1.82, 2.24) is 0 Å². The topological polar surface area (TPSA) is 0 Å². The van der Waals surface area contributed by atoms with Crippen LogP contribution in [0.15, 0.2) is 0 Å². The summed E-state index contributed by atoms with van der Waals surface area (Å²) in [6.45, 7) is 14.6. The summed E-state index contributed by atoms with van der Waals surface area (Å²) in [7, 11) is 0. The number of hydrogen-bond donors (Lipinski definition) is 0. The molecular formula is C15H30. The van der Waals surface area contributed by atoms with Crippen LogP contribution in [0.25, 0.3) is 0 Å². The Labute approximate surface area is 96.8 Å². The van der Waals surface area contributed by atoms with Crippen LogP contribution in [-0.4, -0.2) is 0 Å². The summed E-state index contributed by atoms with van der Waals surface area (Å²) in [4.78, 5) is 0. The molecule has 0 aromatic carbocycles. The maximum atomic E-state index is 2.57. The van der Waals surface area contributed by atoms with Gasteiger partial charge in [-0.2, -0.15) is 0 Å². The normalized spacial score (nSPS) is 25.0. The molecular weight excluding hydrogens is 180 g/mol. The van der Waals surface area contributed by atoms with Crippen LogP contribution < -0.4 is 0 Å². The molecule has 0 aromatic rings. The van der Waals surface area contributed by atoms with Crippen LogP contribution in [0.4, 0.5) is 0 Å². The van der Waals surface area contributed by atoms with Gasteiger partial charge in [-0.25, -0.2) is 0 Å². The molecule has 1 rings (SSSR count). The Hall–Kier alpha value is 0. The van der Waals surface area contributed by atoms with Crippen molar-refractivity contribution >= 4 is 0 Å². The van der Waals surface area contributed by atoms with Gasteiger partial charge in [-0.15, -0.1) is 0 Å². The van der Waals surface area contributed by atoms with Gasteiger partial charge in [0.2, 0.25) is 0 Å². The minimum atomic E-state index is 0.588. The molecule has 1 aliphatic rings. The third-order valence-corrected chi connectivity index (χ3v) is 5.50. The predicted molar refractivity (Wildman–Crippen MR) is 69.0 cm³/mol. The van der Waals surface area contributed by atoms with E-state index in [0.717, 1.165) is 11.8 Å². The number of hydrogen-bond acceptors (Lipinski definition) is 0. The highest BCUT2D eigenvalue weighted by atomic mass is 14.6. The fourth-order valence-electron chi connectivity index (χ4n) is 3.90. The van der Waals surface area contributed by atoms with E-state index in [2.05, 4.69) is 41.5 Å². The van der Waals surface area contributed by atoms with E-state index in [-0.39, 0.29) is 0 Å². The van der Waals surface area contributed by atoms with Gasteiger partial charge < -0.3 is 0 Å².